The van der Waals surface area contributed by atoms with Gasteiger partial charge in [-0.25, -0.2) is 4.79 Å². The van der Waals surface area contributed by atoms with E-state index in [-0.39, 0.29) is 38.4 Å². The summed E-state index contributed by atoms with van der Waals surface area (Å²) < 4.78 is 27.9. The number of amides is 2. The molecule has 0 saturated carbocycles. The van der Waals surface area contributed by atoms with Crippen LogP contribution in [-0.4, -0.2) is 54.6 Å². The van der Waals surface area contributed by atoms with E-state index < -0.39 is 17.8 Å². The maximum atomic E-state index is 13.5. The molecule has 2 unspecified atom stereocenters. The lowest BCUT2D eigenvalue weighted by Crippen LogP contribution is -2.51. The van der Waals surface area contributed by atoms with E-state index in [0.29, 0.717) is 23.0 Å². The number of nitrogens with one attached hydrogen (secondary N) is 1. The van der Waals surface area contributed by atoms with Crippen LogP contribution in [0, 0.1) is 0 Å². The first kappa shape index (κ1) is 23.5. The summed E-state index contributed by atoms with van der Waals surface area (Å²) in [6.45, 7) is 8.01. The molecular formula is C25H30N2O7. The third kappa shape index (κ3) is 5.84. The quantitative estimate of drug-likeness (QED) is 0.690. The van der Waals surface area contributed by atoms with Crippen LogP contribution in [0.5, 0.6) is 23.0 Å². The van der Waals surface area contributed by atoms with Crippen LogP contribution in [0.4, 0.5) is 4.79 Å². The topological polar surface area (TPSA) is 95.6 Å². The van der Waals surface area contributed by atoms with Gasteiger partial charge in [0, 0.05) is 19.1 Å². The van der Waals surface area contributed by atoms with E-state index in [2.05, 4.69) is 5.32 Å². The minimum absolute atomic E-state index is 0.0986. The number of alkyl carbamates (subject to hydrolysis) is 1. The number of hydrogen-bond donors (Lipinski definition) is 1. The van der Waals surface area contributed by atoms with Gasteiger partial charge in [-0.05, 0) is 57.5 Å². The van der Waals surface area contributed by atoms with Gasteiger partial charge in [-0.3, -0.25) is 4.79 Å². The number of carbonyl (C=O) groups is 2. The number of fused-ring (bicyclic) bond motifs is 2. The summed E-state index contributed by atoms with van der Waals surface area (Å²) in [6.07, 6.45) is -1.35. The second-order valence-electron chi connectivity index (χ2n) is 9.32. The summed E-state index contributed by atoms with van der Waals surface area (Å²) in [5.74, 6) is 2.19. The third-order valence-corrected chi connectivity index (χ3v) is 5.16. The molecule has 0 saturated heterocycles. The van der Waals surface area contributed by atoms with E-state index in [4.69, 9.17) is 23.7 Å². The molecule has 0 spiro atoms. The summed E-state index contributed by atoms with van der Waals surface area (Å²) in [5, 5.41) is 2.80. The second-order valence-corrected chi connectivity index (χ2v) is 9.32. The fourth-order valence-electron chi connectivity index (χ4n) is 3.72. The molecule has 0 aliphatic carbocycles. The average Bonchev–Trinajstić information content (AvgIpc) is 3.24. The molecule has 2 heterocycles. The van der Waals surface area contributed by atoms with Gasteiger partial charge in [-0.15, -0.1) is 0 Å². The van der Waals surface area contributed by atoms with Crippen LogP contribution in [0.25, 0.3) is 0 Å². The Labute approximate surface area is 198 Å². The van der Waals surface area contributed by atoms with Crippen molar-refractivity contribution in [3.8, 4) is 23.0 Å². The molecule has 0 bridgehead atoms. The van der Waals surface area contributed by atoms with Crippen molar-refractivity contribution < 1.29 is 33.3 Å². The molecule has 9 heteroatoms. The molecule has 9 nitrogen and oxygen atoms in total. The Bertz CT molecular complexity index is 1050. The lowest BCUT2D eigenvalue weighted by atomic mass is 10.1. The molecule has 2 aromatic carbocycles. The average molecular weight is 471 g/mol. The van der Waals surface area contributed by atoms with Crippen LogP contribution in [0.1, 0.15) is 33.3 Å². The maximum absolute atomic E-state index is 13.5. The third-order valence-electron chi connectivity index (χ3n) is 5.16. The smallest absolute Gasteiger partial charge is 0.407 e. The van der Waals surface area contributed by atoms with Gasteiger partial charge in [0.25, 0.3) is 5.91 Å². The Kier molecular flexibility index (Phi) is 6.72. The van der Waals surface area contributed by atoms with Crippen molar-refractivity contribution >= 4 is 12.0 Å². The first-order chi connectivity index (χ1) is 16.2. The Morgan fingerprint density at radius 1 is 1.06 bits per heavy atom. The monoisotopic (exact) mass is 470 g/mol. The number of ether oxygens (including phenoxy) is 5. The van der Waals surface area contributed by atoms with Crippen molar-refractivity contribution in [2.24, 2.45) is 0 Å². The lowest BCUT2D eigenvalue weighted by molar-refractivity contribution is -0.142. The van der Waals surface area contributed by atoms with Crippen molar-refractivity contribution in [2.75, 3.05) is 19.9 Å². The van der Waals surface area contributed by atoms with Gasteiger partial charge in [0.05, 0.1) is 0 Å². The minimum atomic E-state index is -0.808. The van der Waals surface area contributed by atoms with E-state index in [0.717, 1.165) is 5.56 Å². The maximum Gasteiger partial charge on any atom is 0.407 e. The molecule has 1 N–H and O–H groups in total. The Morgan fingerprint density at radius 2 is 1.76 bits per heavy atom. The molecule has 0 aromatic heterocycles. The van der Waals surface area contributed by atoms with Crippen molar-refractivity contribution in [3.05, 3.63) is 48.0 Å². The zero-order valence-electron chi connectivity index (χ0n) is 19.8. The van der Waals surface area contributed by atoms with E-state index in [1.165, 1.54) is 0 Å². The van der Waals surface area contributed by atoms with Gasteiger partial charge in [-0.1, -0.05) is 18.2 Å². The molecule has 4 rings (SSSR count). The van der Waals surface area contributed by atoms with Crippen molar-refractivity contribution in [1.82, 2.24) is 10.2 Å². The van der Waals surface area contributed by atoms with Gasteiger partial charge >= 0.3 is 6.09 Å². The predicted octanol–water partition coefficient (Wildman–Crippen LogP) is 3.50. The van der Waals surface area contributed by atoms with Gasteiger partial charge in [0.1, 0.15) is 12.2 Å². The van der Waals surface area contributed by atoms with Crippen LogP contribution in [0.2, 0.25) is 0 Å². The summed E-state index contributed by atoms with van der Waals surface area (Å²) in [4.78, 5) is 27.4. The molecule has 34 heavy (non-hydrogen) atoms. The fraction of sp³-hybridized carbons (Fsp3) is 0.440. The van der Waals surface area contributed by atoms with Crippen LogP contribution >= 0.6 is 0 Å². The van der Waals surface area contributed by atoms with Crippen LogP contribution in [0.3, 0.4) is 0 Å². The normalized spacial score (nSPS) is 17.0. The second kappa shape index (κ2) is 9.70. The summed E-state index contributed by atoms with van der Waals surface area (Å²) in [7, 11) is 0. The molecule has 2 aromatic rings. The Hall–Kier alpha value is -3.62. The molecule has 182 valence electrons. The lowest BCUT2D eigenvalue weighted by Gasteiger charge is -2.32. The molecule has 2 aliphatic rings. The number of carbonyl (C=O) groups excluding carboxylic acids is 2. The molecule has 2 aliphatic heterocycles. The zero-order chi connectivity index (χ0) is 24.3. The highest BCUT2D eigenvalue weighted by Gasteiger charge is 2.32. The SMILES string of the molecule is CC(CN(Cc1ccc2c(c1)OCO2)C(=O)C1COc2ccccc2O1)NC(=O)OC(C)(C)C. The van der Waals surface area contributed by atoms with Crippen molar-refractivity contribution in [2.45, 2.75) is 52.0 Å². The minimum Gasteiger partial charge on any atom is -0.485 e. The van der Waals surface area contributed by atoms with E-state index in [9.17, 15) is 9.59 Å². The van der Waals surface area contributed by atoms with Gasteiger partial charge in [-0.2, -0.15) is 0 Å². The van der Waals surface area contributed by atoms with Crippen LogP contribution in [0.15, 0.2) is 42.5 Å². The highest BCUT2D eigenvalue weighted by molar-refractivity contribution is 5.82. The van der Waals surface area contributed by atoms with Crippen LogP contribution < -0.4 is 24.3 Å². The number of rotatable bonds is 6. The van der Waals surface area contributed by atoms with Gasteiger partial charge < -0.3 is 33.9 Å². The predicted molar refractivity (Wildman–Crippen MR) is 123 cm³/mol. The standard InChI is InChI=1S/C25H30N2O7/c1-16(26-24(29)34-25(2,3)4)12-27(13-17-9-10-19-21(11-17)32-15-31-19)23(28)22-14-30-18-7-5-6-8-20(18)33-22/h5-11,16,22H,12-15H2,1-4H3,(H,26,29). The van der Waals surface area contributed by atoms with Crippen molar-refractivity contribution in [3.63, 3.8) is 0 Å². The fourth-order valence-corrected chi connectivity index (χ4v) is 3.72. The van der Waals surface area contributed by atoms with Crippen LogP contribution in [-0.2, 0) is 16.1 Å². The molecular weight excluding hydrogens is 440 g/mol. The zero-order valence-corrected chi connectivity index (χ0v) is 19.8. The molecule has 2 amide bonds. The largest absolute Gasteiger partial charge is 0.485 e. The molecule has 0 fully saturated rings. The number of para-hydroxylation sites is 2. The Balaban J connectivity index is 1.49. The summed E-state index contributed by atoms with van der Waals surface area (Å²) >= 11 is 0. The van der Waals surface area contributed by atoms with E-state index in [1.807, 2.05) is 37.3 Å². The molecule has 2 atom stereocenters. The molecule has 0 radical (unpaired) electrons. The highest BCUT2D eigenvalue weighted by atomic mass is 16.7. The highest BCUT2D eigenvalue weighted by Crippen LogP contribution is 2.34. The first-order valence-corrected chi connectivity index (χ1v) is 11.2. The van der Waals surface area contributed by atoms with Gasteiger partial charge in [0.2, 0.25) is 12.9 Å². The first-order valence-electron chi connectivity index (χ1n) is 11.2. The Morgan fingerprint density at radius 3 is 2.53 bits per heavy atom. The number of benzene rings is 2. The van der Waals surface area contributed by atoms with Crippen molar-refractivity contribution in [1.29, 1.82) is 0 Å². The van der Waals surface area contributed by atoms with E-state index in [1.54, 1.807) is 37.8 Å². The summed E-state index contributed by atoms with van der Waals surface area (Å²) in [5.41, 5.74) is 0.242. The van der Waals surface area contributed by atoms with Gasteiger partial charge in [0.15, 0.2) is 23.0 Å². The number of nitrogens with zero attached hydrogens (tertiary/aromatic N) is 1. The summed E-state index contributed by atoms with van der Waals surface area (Å²) in [6, 6.07) is 12.4. The number of hydrogen-bond acceptors (Lipinski definition) is 7. The van der Waals surface area contributed by atoms with E-state index >= 15 is 0 Å².